The van der Waals surface area contributed by atoms with Gasteiger partial charge in [0.25, 0.3) is 5.91 Å². The number of nitrogens with zero attached hydrogens (tertiary/aromatic N) is 2. The topological polar surface area (TPSA) is 56.7 Å². The smallest absolute Gasteiger partial charge is 0.253 e. The molecule has 1 aliphatic heterocycles. The highest BCUT2D eigenvalue weighted by atomic mass is 127. The molecule has 31 heavy (non-hydrogen) atoms. The summed E-state index contributed by atoms with van der Waals surface area (Å²) in [5.74, 6) is 0.652. The first-order chi connectivity index (χ1) is 14.7. The summed E-state index contributed by atoms with van der Waals surface area (Å²) in [5.41, 5.74) is 2.88. The lowest BCUT2D eigenvalue weighted by molar-refractivity contribution is 0.0724. The summed E-state index contributed by atoms with van der Waals surface area (Å²) in [6.07, 6.45) is 4.20. The quantitative estimate of drug-likeness (QED) is 0.313. The van der Waals surface area contributed by atoms with Crippen LogP contribution in [0.15, 0.2) is 53.5 Å². The van der Waals surface area contributed by atoms with Crippen molar-refractivity contribution in [2.45, 2.75) is 39.2 Å². The van der Waals surface area contributed by atoms with Crippen LogP contribution in [0, 0.1) is 5.82 Å². The van der Waals surface area contributed by atoms with E-state index in [4.69, 9.17) is 0 Å². The lowest BCUT2D eigenvalue weighted by Gasteiger charge is -2.26. The van der Waals surface area contributed by atoms with Crippen molar-refractivity contribution in [3.05, 3.63) is 71.0 Å². The van der Waals surface area contributed by atoms with Crippen LogP contribution in [0.1, 0.15) is 47.7 Å². The van der Waals surface area contributed by atoms with Gasteiger partial charge in [0.2, 0.25) is 0 Å². The molecule has 0 saturated carbocycles. The molecule has 0 aliphatic carbocycles. The molecule has 1 amide bonds. The number of aliphatic imine (C=N–C) groups is 1. The zero-order valence-corrected chi connectivity index (χ0v) is 20.4. The van der Waals surface area contributed by atoms with E-state index in [1.54, 1.807) is 12.1 Å². The fraction of sp³-hybridized carbons (Fsp3) is 0.417. The van der Waals surface area contributed by atoms with Gasteiger partial charge in [0, 0.05) is 31.7 Å². The Morgan fingerprint density at radius 2 is 1.61 bits per heavy atom. The van der Waals surface area contributed by atoms with Crippen molar-refractivity contribution in [2.24, 2.45) is 4.99 Å². The molecule has 1 aliphatic rings. The Hall–Kier alpha value is -2.16. The number of amides is 1. The summed E-state index contributed by atoms with van der Waals surface area (Å²) in [4.78, 5) is 19.2. The fourth-order valence-electron chi connectivity index (χ4n) is 3.52. The molecule has 1 fully saturated rings. The molecule has 0 atom stereocenters. The first-order valence-corrected chi connectivity index (χ1v) is 10.8. The molecule has 1 saturated heterocycles. The Kier molecular flexibility index (Phi) is 10.8. The predicted molar refractivity (Wildman–Crippen MR) is 135 cm³/mol. The van der Waals surface area contributed by atoms with E-state index >= 15 is 0 Å². The average Bonchev–Trinajstić information content (AvgIpc) is 2.79. The molecular weight excluding hydrogens is 506 g/mol. The molecule has 2 N–H and O–H groups in total. The number of guanidine groups is 1. The molecule has 0 unspecified atom stereocenters. The molecule has 2 aromatic rings. The maximum Gasteiger partial charge on any atom is 0.253 e. The molecule has 5 nitrogen and oxygen atoms in total. The Labute approximate surface area is 201 Å². The number of carbonyl (C=O) groups is 1. The van der Waals surface area contributed by atoms with E-state index in [0.29, 0.717) is 13.1 Å². The van der Waals surface area contributed by atoms with Gasteiger partial charge < -0.3 is 15.5 Å². The number of halogens is 2. The van der Waals surface area contributed by atoms with Gasteiger partial charge in [-0.3, -0.25) is 4.79 Å². The first kappa shape index (κ1) is 25.1. The third-order valence-electron chi connectivity index (χ3n) is 5.23. The summed E-state index contributed by atoms with van der Waals surface area (Å²) < 4.78 is 13.0. The fourth-order valence-corrected chi connectivity index (χ4v) is 3.52. The maximum absolute atomic E-state index is 13.0. The van der Waals surface area contributed by atoms with Crippen molar-refractivity contribution in [1.29, 1.82) is 0 Å². The molecule has 0 bridgehead atoms. The number of nitrogens with one attached hydrogen (secondary N) is 2. The summed E-state index contributed by atoms with van der Waals surface area (Å²) >= 11 is 0. The third kappa shape index (κ3) is 8.12. The third-order valence-corrected chi connectivity index (χ3v) is 5.23. The van der Waals surface area contributed by atoms with Crippen molar-refractivity contribution in [2.75, 3.05) is 26.2 Å². The Balaban J connectivity index is 0.00000341. The van der Waals surface area contributed by atoms with Crippen LogP contribution in [0.2, 0.25) is 0 Å². The molecule has 7 heteroatoms. The van der Waals surface area contributed by atoms with Crippen molar-refractivity contribution in [3.8, 4) is 0 Å². The zero-order valence-electron chi connectivity index (χ0n) is 18.1. The maximum atomic E-state index is 13.0. The van der Waals surface area contributed by atoms with Crippen LogP contribution in [0.5, 0.6) is 0 Å². The molecule has 0 spiro atoms. The van der Waals surface area contributed by atoms with Crippen molar-refractivity contribution in [3.63, 3.8) is 0 Å². The molecule has 1 heterocycles. The summed E-state index contributed by atoms with van der Waals surface area (Å²) in [6, 6.07) is 14.3. The van der Waals surface area contributed by atoms with Gasteiger partial charge in [-0.15, -0.1) is 24.0 Å². The minimum atomic E-state index is -0.217. The Morgan fingerprint density at radius 3 is 2.26 bits per heavy atom. The van der Waals surface area contributed by atoms with E-state index in [0.717, 1.165) is 61.5 Å². The minimum Gasteiger partial charge on any atom is -0.357 e. The zero-order chi connectivity index (χ0) is 21.2. The number of rotatable bonds is 7. The molecule has 168 valence electrons. The predicted octanol–water partition coefficient (Wildman–Crippen LogP) is 4.37. The van der Waals surface area contributed by atoms with Gasteiger partial charge in [-0.25, -0.2) is 9.38 Å². The first-order valence-electron chi connectivity index (χ1n) is 10.8. The Bertz CT molecular complexity index is 834. The SMILES string of the molecule is CCNC(=NCc1ccc(C(=O)N2CCCCC2)cc1)NCCc1ccc(F)cc1.I. The lowest BCUT2D eigenvalue weighted by atomic mass is 10.1. The van der Waals surface area contributed by atoms with Crippen LogP contribution < -0.4 is 10.6 Å². The normalized spacial score (nSPS) is 14.0. The van der Waals surface area contributed by atoms with Crippen LogP contribution in [-0.2, 0) is 13.0 Å². The number of piperidine rings is 1. The second kappa shape index (κ2) is 13.3. The highest BCUT2D eigenvalue weighted by molar-refractivity contribution is 14.0. The highest BCUT2D eigenvalue weighted by Gasteiger charge is 2.17. The van der Waals surface area contributed by atoms with Crippen LogP contribution in [-0.4, -0.2) is 42.9 Å². The van der Waals surface area contributed by atoms with E-state index in [1.165, 1.54) is 18.6 Å². The highest BCUT2D eigenvalue weighted by Crippen LogP contribution is 2.14. The van der Waals surface area contributed by atoms with Gasteiger partial charge >= 0.3 is 0 Å². The van der Waals surface area contributed by atoms with Crippen molar-refractivity contribution >= 4 is 35.8 Å². The molecule has 0 radical (unpaired) electrons. The van der Waals surface area contributed by atoms with Crippen molar-refractivity contribution < 1.29 is 9.18 Å². The standard InChI is InChI=1S/C24H31FN4O.HI/c1-2-26-24(27-15-14-19-8-12-22(25)13-9-19)28-18-20-6-10-21(11-7-20)23(30)29-16-4-3-5-17-29;/h6-13H,2-5,14-18H2,1H3,(H2,26,27,28);1H. The van der Waals surface area contributed by atoms with Gasteiger partial charge in [0.05, 0.1) is 6.54 Å². The monoisotopic (exact) mass is 538 g/mol. The van der Waals surface area contributed by atoms with Gasteiger partial charge in [-0.2, -0.15) is 0 Å². The van der Waals surface area contributed by atoms with Gasteiger partial charge in [-0.1, -0.05) is 24.3 Å². The van der Waals surface area contributed by atoms with Crippen LogP contribution in [0.25, 0.3) is 0 Å². The number of carbonyl (C=O) groups excluding carboxylic acids is 1. The van der Waals surface area contributed by atoms with E-state index in [-0.39, 0.29) is 35.7 Å². The molecule has 0 aromatic heterocycles. The van der Waals surface area contributed by atoms with E-state index in [9.17, 15) is 9.18 Å². The molecular formula is C24H32FIN4O. The second-order valence-corrected chi connectivity index (χ2v) is 7.55. The van der Waals surface area contributed by atoms with Crippen LogP contribution >= 0.6 is 24.0 Å². The van der Waals surface area contributed by atoms with E-state index in [2.05, 4.69) is 15.6 Å². The number of likely N-dealkylation sites (tertiary alicyclic amines) is 1. The summed E-state index contributed by atoms with van der Waals surface area (Å²) in [5, 5.41) is 6.55. The molecule has 3 rings (SSSR count). The van der Waals surface area contributed by atoms with Gasteiger partial charge in [0.15, 0.2) is 5.96 Å². The Morgan fingerprint density at radius 1 is 0.968 bits per heavy atom. The van der Waals surface area contributed by atoms with E-state index in [1.807, 2.05) is 36.1 Å². The van der Waals surface area contributed by atoms with Crippen LogP contribution in [0.3, 0.4) is 0 Å². The average molecular weight is 538 g/mol. The lowest BCUT2D eigenvalue weighted by Crippen LogP contribution is -2.38. The van der Waals surface area contributed by atoms with Gasteiger partial charge in [-0.05, 0) is 68.0 Å². The van der Waals surface area contributed by atoms with Gasteiger partial charge in [0.1, 0.15) is 5.82 Å². The second-order valence-electron chi connectivity index (χ2n) is 7.55. The largest absolute Gasteiger partial charge is 0.357 e. The summed E-state index contributed by atoms with van der Waals surface area (Å²) in [6.45, 7) is 5.76. The number of hydrogen-bond donors (Lipinski definition) is 2. The van der Waals surface area contributed by atoms with Crippen molar-refractivity contribution in [1.82, 2.24) is 15.5 Å². The summed E-state index contributed by atoms with van der Waals surface area (Å²) in [7, 11) is 0. The van der Waals surface area contributed by atoms with Crippen LogP contribution in [0.4, 0.5) is 4.39 Å². The number of hydrogen-bond acceptors (Lipinski definition) is 2. The molecule has 2 aromatic carbocycles. The number of benzene rings is 2. The minimum absolute atomic E-state index is 0. The van der Waals surface area contributed by atoms with E-state index < -0.39 is 0 Å².